The number of methoxy groups -OCH3 is 1. The van der Waals surface area contributed by atoms with Crippen LogP contribution in [0.25, 0.3) is 21.9 Å². The highest BCUT2D eigenvalue weighted by atomic mass is 32.1. The summed E-state index contributed by atoms with van der Waals surface area (Å²) in [5.74, 6) is -0.915. The molecule has 7 nitrogen and oxygen atoms in total. The van der Waals surface area contributed by atoms with Gasteiger partial charge in [-0.3, -0.25) is 4.79 Å². The summed E-state index contributed by atoms with van der Waals surface area (Å²) in [6.45, 7) is 5.68. The van der Waals surface area contributed by atoms with Crippen LogP contribution in [0.3, 0.4) is 0 Å². The number of benzene rings is 1. The average molecular weight is 412 g/mol. The number of thiophene rings is 1. The third kappa shape index (κ3) is 4.12. The summed E-state index contributed by atoms with van der Waals surface area (Å²) >= 11 is 1.40. The SMILES string of the molecule is CCOC(=O)/C(=C/c1ccc(C(=O)OC)cc1)c1nc2sc(C)c(C)c2c(=O)[nH]1. The third-order valence-corrected chi connectivity index (χ3v) is 5.53. The molecule has 0 amide bonds. The van der Waals surface area contributed by atoms with Crippen molar-refractivity contribution >= 4 is 45.1 Å². The summed E-state index contributed by atoms with van der Waals surface area (Å²) in [4.78, 5) is 45.5. The van der Waals surface area contributed by atoms with Gasteiger partial charge in [0.05, 0.1) is 24.7 Å². The number of aromatic amines is 1. The molecule has 0 fully saturated rings. The predicted octanol–water partition coefficient (Wildman–Crippen LogP) is 3.49. The topological polar surface area (TPSA) is 98.3 Å². The van der Waals surface area contributed by atoms with E-state index in [1.165, 1.54) is 18.4 Å². The van der Waals surface area contributed by atoms with Crippen molar-refractivity contribution in [2.45, 2.75) is 20.8 Å². The fourth-order valence-corrected chi connectivity index (χ4v) is 3.84. The minimum absolute atomic E-state index is 0.125. The number of aromatic nitrogens is 2. The second kappa shape index (κ2) is 8.40. The number of aryl methyl sites for hydroxylation is 2. The zero-order chi connectivity index (χ0) is 21.1. The van der Waals surface area contributed by atoms with Gasteiger partial charge in [0.2, 0.25) is 0 Å². The molecule has 8 heteroatoms. The van der Waals surface area contributed by atoms with E-state index in [1.807, 2.05) is 13.8 Å². The fraction of sp³-hybridized carbons (Fsp3) is 0.238. The van der Waals surface area contributed by atoms with E-state index >= 15 is 0 Å². The summed E-state index contributed by atoms with van der Waals surface area (Å²) in [5.41, 5.74) is 1.73. The summed E-state index contributed by atoms with van der Waals surface area (Å²) in [6.07, 6.45) is 1.57. The quantitative estimate of drug-likeness (QED) is 0.509. The number of carbonyl (C=O) groups is 2. The maximum absolute atomic E-state index is 12.6. The maximum Gasteiger partial charge on any atom is 0.341 e. The van der Waals surface area contributed by atoms with Crippen molar-refractivity contribution in [1.29, 1.82) is 0 Å². The zero-order valence-corrected chi connectivity index (χ0v) is 17.3. The zero-order valence-electron chi connectivity index (χ0n) is 16.5. The molecule has 0 aliphatic carbocycles. The Kier molecular flexibility index (Phi) is 5.93. The minimum Gasteiger partial charge on any atom is -0.465 e. The van der Waals surface area contributed by atoms with Gasteiger partial charge in [-0.1, -0.05) is 12.1 Å². The van der Waals surface area contributed by atoms with Gasteiger partial charge in [-0.15, -0.1) is 11.3 Å². The van der Waals surface area contributed by atoms with Crippen molar-refractivity contribution in [2.75, 3.05) is 13.7 Å². The molecular weight excluding hydrogens is 392 g/mol. The largest absolute Gasteiger partial charge is 0.465 e. The molecule has 3 aromatic rings. The van der Waals surface area contributed by atoms with Crippen LogP contribution in [0, 0.1) is 13.8 Å². The van der Waals surface area contributed by atoms with Gasteiger partial charge in [0.1, 0.15) is 16.2 Å². The Morgan fingerprint density at radius 1 is 1.21 bits per heavy atom. The van der Waals surface area contributed by atoms with Crippen molar-refractivity contribution in [1.82, 2.24) is 9.97 Å². The lowest BCUT2D eigenvalue weighted by atomic mass is 10.1. The van der Waals surface area contributed by atoms with Crippen LogP contribution in [0.15, 0.2) is 29.1 Å². The maximum atomic E-state index is 12.6. The summed E-state index contributed by atoms with van der Waals surface area (Å²) in [7, 11) is 1.31. The van der Waals surface area contributed by atoms with E-state index in [-0.39, 0.29) is 23.6 Å². The van der Waals surface area contributed by atoms with Gasteiger partial charge in [-0.25, -0.2) is 14.6 Å². The molecule has 0 aliphatic heterocycles. The number of fused-ring (bicyclic) bond motifs is 1. The van der Waals surface area contributed by atoms with Crippen molar-refractivity contribution in [3.63, 3.8) is 0 Å². The number of carbonyl (C=O) groups excluding carboxylic acids is 2. The summed E-state index contributed by atoms with van der Waals surface area (Å²) in [6, 6.07) is 6.51. The minimum atomic E-state index is -0.600. The molecule has 0 spiro atoms. The molecule has 0 radical (unpaired) electrons. The molecule has 1 aromatic carbocycles. The van der Waals surface area contributed by atoms with Crippen LogP contribution in [-0.4, -0.2) is 35.6 Å². The second-order valence-electron chi connectivity index (χ2n) is 6.27. The Bertz CT molecular complexity index is 1170. The number of ether oxygens (including phenoxy) is 2. The van der Waals surface area contributed by atoms with E-state index in [9.17, 15) is 14.4 Å². The first-order chi connectivity index (χ1) is 13.8. The lowest BCUT2D eigenvalue weighted by Gasteiger charge is -2.07. The van der Waals surface area contributed by atoms with E-state index in [1.54, 1.807) is 37.3 Å². The Hall–Kier alpha value is -3.26. The first-order valence-electron chi connectivity index (χ1n) is 8.93. The van der Waals surface area contributed by atoms with Crippen LogP contribution < -0.4 is 5.56 Å². The van der Waals surface area contributed by atoms with Crippen LogP contribution in [0.5, 0.6) is 0 Å². The second-order valence-corrected chi connectivity index (χ2v) is 7.47. The fourth-order valence-electron chi connectivity index (χ4n) is 2.82. The molecular formula is C21H20N2O5S. The molecule has 2 heterocycles. The van der Waals surface area contributed by atoms with Crippen LogP contribution >= 0.6 is 11.3 Å². The van der Waals surface area contributed by atoms with Crippen LogP contribution in [0.1, 0.15) is 39.1 Å². The molecule has 0 bridgehead atoms. The van der Waals surface area contributed by atoms with Crippen LogP contribution in [0.2, 0.25) is 0 Å². The smallest absolute Gasteiger partial charge is 0.341 e. The van der Waals surface area contributed by atoms with Crippen molar-refractivity contribution in [3.8, 4) is 0 Å². The number of hydrogen-bond donors (Lipinski definition) is 1. The molecule has 0 unspecified atom stereocenters. The number of nitrogens with one attached hydrogen (secondary N) is 1. The van der Waals surface area contributed by atoms with Gasteiger partial charge in [0.25, 0.3) is 5.56 Å². The van der Waals surface area contributed by atoms with E-state index < -0.39 is 11.9 Å². The molecule has 150 valence electrons. The van der Waals surface area contributed by atoms with E-state index in [0.717, 1.165) is 10.4 Å². The molecule has 1 N–H and O–H groups in total. The van der Waals surface area contributed by atoms with E-state index in [2.05, 4.69) is 14.7 Å². The van der Waals surface area contributed by atoms with Crippen LogP contribution in [0.4, 0.5) is 0 Å². The highest BCUT2D eigenvalue weighted by Crippen LogP contribution is 2.27. The van der Waals surface area contributed by atoms with Crippen LogP contribution in [-0.2, 0) is 14.3 Å². The molecule has 0 aliphatic rings. The monoisotopic (exact) mass is 412 g/mol. The molecule has 0 atom stereocenters. The van der Waals surface area contributed by atoms with Crippen molar-refractivity contribution < 1.29 is 19.1 Å². The Balaban J connectivity index is 2.12. The Labute approximate surface area is 171 Å². The van der Waals surface area contributed by atoms with Gasteiger partial charge in [-0.2, -0.15) is 0 Å². The lowest BCUT2D eigenvalue weighted by Crippen LogP contribution is -2.15. The van der Waals surface area contributed by atoms with Gasteiger partial charge in [0, 0.05) is 4.88 Å². The highest BCUT2D eigenvalue weighted by Gasteiger charge is 2.19. The average Bonchev–Trinajstić information content (AvgIpc) is 3.00. The first-order valence-corrected chi connectivity index (χ1v) is 9.75. The summed E-state index contributed by atoms with van der Waals surface area (Å²) < 4.78 is 9.84. The lowest BCUT2D eigenvalue weighted by molar-refractivity contribution is -0.136. The highest BCUT2D eigenvalue weighted by molar-refractivity contribution is 7.18. The number of H-pyrrole nitrogens is 1. The normalized spacial score (nSPS) is 11.5. The molecule has 29 heavy (non-hydrogen) atoms. The number of nitrogens with zero attached hydrogens (tertiary/aromatic N) is 1. The summed E-state index contributed by atoms with van der Waals surface area (Å²) in [5, 5.41) is 0.530. The van der Waals surface area contributed by atoms with Gasteiger partial charge < -0.3 is 14.5 Å². The molecule has 2 aromatic heterocycles. The van der Waals surface area contributed by atoms with Gasteiger partial charge >= 0.3 is 11.9 Å². The third-order valence-electron chi connectivity index (χ3n) is 4.43. The van der Waals surface area contributed by atoms with E-state index in [4.69, 9.17) is 4.74 Å². The number of esters is 2. The van der Waals surface area contributed by atoms with Gasteiger partial charge in [0.15, 0.2) is 0 Å². The predicted molar refractivity (Wildman–Crippen MR) is 112 cm³/mol. The number of rotatable bonds is 5. The molecule has 0 saturated heterocycles. The first kappa shape index (κ1) is 20.5. The van der Waals surface area contributed by atoms with Crippen molar-refractivity contribution in [2.24, 2.45) is 0 Å². The Morgan fingerprint density at radius 3 is 2.52 bits per heavy atom. The molecule has 3 rings (SSSR count). The van der Waals surface area contributed by atoms with Crippen molar-refractivity contribution in [3.05, 3.63) is 62.0 Å². The van der Waals surface area contributed by atoms with Gasteiger partial charge in [-0.05, 0) is 50.1 Å². The number of hydrogen-bond acceptors (Lipinski definition) is 7. The molecule has 0 saturated carbocycles. The van der Waals surface area contributed by atoms with E-state index in [0.29, 0.717) is 21.3 Å². The Morgan fingerprint density at radius 2 is 1.90 bits per heavy atom. The standard InChI is InChI=1S/C21H20N2O5S/c1-5-28-21(26)15(10-13-6-8-14(9-7-13)20(25)27-4)17-22-18(24)16-11(2)12(3)29-19(16)23-17/h6-10H,5H2,1-4H3,(H,22,23,24)/b15-10+.